The van der Waals surface area contributed by atoms with Gasteiger partial charge in [0.25, 0.3) is 0 Å². The Kier molecular flexibility index (Phi) is 7.31. The van der Waals surface area contributed by atoms with Crippen LogP contribution in [0.25, 0.3) is 17.0 Å². The fourth-order valence-electron chi connectivity index (χ4n) is 3.60. The highest BCUT2D eigenvalue weighted by molar-refractivity contribution is 6.34. The first-order valence-corrected chi connectivity index (χ1v) is 11.4. The number of rotatable bonds is 7. The molecule has 2 aromatic heterocycles. The van der Waals surface area contributed by atoms with Gasteiger partial charge in [0.1, 0.15) is 11.1 Å². The first kappa shape index (κ1) is 24.6. The number of carbonyl (C=O) groups excluding carboxylic acids is 2. The second-order valence-electron chi connectivity index (χ2n) is 8.91. The molecule has 0 fully saturated rings. The van der Waals surface area contributed by atoms with Crippen LogP contribution in [0, 0.1) is 0 Å². The summed E-state index contributed by atoms with van der Waals surface area (Å²) in [5, 5.41) is 13.8. The molecule has 1 atom stereocenters. The predicted octanol–water partition coefficient (Wildman–Crippen LogP) is 4.70. The zero-order valence-electron chi connectivity index (χ0n) is 19.9. The number of hydrogen-bond donors (Lipinski definition) is 3. The molecule has 10 heteroatoms. The third-order valence-electron chi connectivity index (χ3n) is 5.34. The summed E-state index contributed by atoms with van der Waals surface area (Å²) in [6.45, 7) is 10.2. The molecular formula is C23H31ClN6O3. The van der Waals surface area contributed by atoms with Gasteiger partial charge in [-0.25, -0.2) is 14.6 Å². The van der Waals surface area contributed by atoms with E-state index in [0.717, 1.165) is 23.2 Å². The van der Waals surface area contributed by atoms with Gasteiger partial charge in [-0.2, -0.15) is 4.63 Å². The van der Waals surface area contributed by atoms with Gasteiger partial charge in [0.05, 0.1) is 12.8 Å². The van der Waals surface area contributed by atoms with E-state index >= 15 is 0 Å². The Morgan fingerprint density at radius 2 is 2.00 bits per heavy atom. The molecule has 0 radical (unpaired) electrons. The van der Waals surface area contributed by atoms with Crippen molar-refractivity contribution in [2.45, 2.75) is 65.3 Å². The van der Waals surface area contributed by atoms with Crippen LogP contribution in [-0.2, 0) is 21.4 Å². The van der Waals surface area contributed by atoms with Gasteiger partial charge >= 0.3 is 12.0 Å². The van der Waals surface area contributed by atoms with Gasteiger partial charge < -0.3 is 15.4 Å². The minimum atomic E-state index is -0.689. The molecule has 1 unspecified atom stereocenters. The first-order chi connectivity index (χ1) is 15.6. The zero-order chi connectivity index (χ0) is 24.3. The number of ether oxygens (including phenoxy) is 1. The van der Waals surface area contributed by atoms with Gasteiger partial charge in [0.2, 0.25) is 0 Å². The van der Waals surface area contributed by atoms with Gasteiger partial charge in [-0.05, 0) is 36.6 Å². The third kappa shape index (κ3) is 5.30. The van der Waals surface area contributed by atoms with Gasteiger partial charge in [0.15, 0.2) is 11.5 Å². The van der Waals surface area contributed by atoms with Crippen molar-refractivity contribution in [1.82, 2.24) is 25.1 Å². The molecule has 0 aliphatic heterocycles. The molecule has 0 bridgehead atoms. The molecule has 9 nitrogen and oxygen atoms in total. The number of benzene rings is 1. The number of anilines is 1. The molecule has 178 valence electrons. The van der Waals surface area contributed by atoms with E-state index in [1.54, 1.807) is 10.7 Å². The number of hydrogen-bond acceptors (Lipinski definition) is 5. The van der Waals surface area contributed by atoms with Crippen LogP contribution in [-0.4, -0.2) is 45.0 Å². The molecule has 2 amide bonds. The Hall–Kier alpha value is -3.07. The number of fused-ring (bicyclic) bond motifs is 1. The normalized spacial score (nSPS) is 12.6. The number of esters is 1. The Bertz CT molecular complexity index is 1160. The quantitative estimate of drug-likeness (QED) is 0.429. The van der Waals surface area contributed by atoms with Gasteiger partial charge in [-0.15, -0.1) is 5.10 Å². The number of aromatic nitrogens is 4. The molecule has 33 heavy (non-hydrogen) atoms. The summed E-state index contributed by atoms with van der Waals surface area (Å²) in [6, 6.07) is 4.36. The van der Waals surface area contributed by atoms with E-state index < -0.39 is 18.0 Å². The number of nitrogens with zero attached hydrogens (tertiary/aromatic N) is 3. The van der Waals surface area contributed by atoms with Gasteiger partial charge in [-0.3, -0.25) is 5.10 Å². The number of halogens is 1. The average molecular weight is 475 g/mol. The molecule has 0 saturated carbocycles. The molecule has 2 heterocycles. The summed E-state index contributed by atoms with van der Waals surface area (Å²) in [5.74, 6) is 0.0802. The van der Waals surface area contributed by atoms with E-state index in [1.165, 1.54) is 7.11 Å². The van der Waals surface area contributed by atoms with Crippen molar-refractivity contribution >= 4 is 34.9 Å². The van der Waals surface area contributed by atoms with Crippen LogP contribution in [0.1, 0.15) is 58.7 Å². The topological polar surface area (TPSA) is 113 Å². The lowest BCUT2D eigenvalue weighted by molar-refractivity contribution is -0.143. The number of nitrogens with one attached hydrogen (secondary N) is 3. The van der Waals surface area contributed by atoms with E-state index in [9.17, 15) is 9.59 Å². The molecule has 0 spiro atoms. The highest BCUT2D eigenvalue weighted by Gasteiger charge is 2.25. The molecule has 3 aromatic rings. The summed E-state index contributed by atoms with van der Waals surface area (Å²) in [5.41, 5.74) is 3.71. The van der Waals surface area contributed by atoms with Crippen LogP contribution >= 0.6 is 11.6 Å². The Morgan fingerprint density at radius 1 is 1.27 bits per heavy atom. The van der Waals surface area contributed by atoms with Gasteiger partial charge in [-0.1, -0.05) is 52.6 Å². The molecule has 0 aliphatic carbocycles. The summed E-state index contributed by atoms with van der Waals surface area (Å²) in [7, 11) is 1.30. The van der Waals surface area contributed by atoms with E-state index in [1.807, 2.05) is 26.0 Å². The number of urea groups is 1. The van der Waals surface area contributed by atoms with Crippen molar-refractivity contribution in [3.63, 3.8) is 0 Å². The Balaban J connectivity index is 1.82. The van der Waals surface area contributed by atoms with Crippen molar-refractivity contribution in [2.24, 2.45) is 0 Å². The van der Waals surface area contributed by atoms with Crippen LogP contribution < -0.4 is 10.6 Å². The lowest BCUT2D eigenvalue weighted by Gasteiger charge is -2.17. The summed E-state index contributed by atoms with van der Waals surface area (Å²) in [6.07, 6.45) is 1.95. The third-order valence-corrected chi connectivity index (χ3v) is 5.70. The second-order valence-corrected chi connectivity index (χ2v) is 9.29. The highest BCUT2D eigenvalue weighted by atomic mass is 35.5. The Labute approximate surface area is 198 Å². The second kappa shape index (κ2) is 9.82. The van der Waals surface area contributed by atoms with Crippen LogP contribution in [0.15, 0.2) is 18.2 Å². The zero-order valence-corrected chi connectivity index (χ0v) is 20.6. The summed E-state index contributed by atoms with van der Waals surface area (Å²) >= 11 is 6.55. The number of amides is 2. The molecule has 3 rings (SSSR count). The fourth-order valence-corrected chi connectivity index (χ4v) is 4.05. The van der Waals surface area contributed by atoms with Crippen LogP contribution in [0.3, 0.4) is 0 Å². The number of carbonyl (C=O) groups is 2. The number of H-pyrrole nitrogens is 1. The average Bonchev–Trinajstić information content (AvgIpc) is 3.31. The van der Waals surface area contributed by atoms with Crippen LogP contribution in [0.4, 0.5) is 10.5 Å². The van der Waals surface area contributed by atoms with E-state index in [2.05, 4.69) is 46.6 Å². The molecule has 0 aliphatic rings. The summed E-state index contributed by atoms with van der Waals surface area (Å²) in [4.78, 5) is 28.9. The van der Waals surface area contributed by atoms with Crippen molar-refractivity contribution in [1.29, 1.82) is 0 Å². The van der Waals surface area contributed by atoms with Crippen LogP contribution in [0.2, 0.25) is 5.02 Å². The molecular weight excluding hydrogens is 444 g/mol. The van der Waals surface area contributed by atoms with E-state index in [0.29, 0.717) is 35.0 Å². The lowest BCUT2D eigenvalue weighted by atomic mass is 9.92. The van der Waals surface area contributed by atoms with E-state index in [-0.39, 0.29) is 5.41 Å². The molecule has 3 N–H and O–H groups in total. The fraction of sp³-hybridized carbons (Fsp3) is 0.478. The number of aromatic amines is 1. The lowest BCUT2D eigenvalue weighted by Crippen LogP contribution is -2.43. The van der Waals surface area contributed by atoms with Crippen molar-refractivity contribution in [3.8, 4) is 11.4 Å². The van der Waals surface area contributed by atoms with Gasteiger partial charge in [0, 0.05) is 16.7 Å². The predicted molar refractivity (Wildman–Crippen MR) is 129 cm³/mol. The standard InChI is InChI=1S/C23H31ClN6O3/c1-7-9-16(21(31)33-6)26-22(32)25-14-10-11-15(13(8-2)12-14)19-27-20-17(24)18(23(3,4)5)28-30(20)29-19/h10-12,16,28H,7-9H2,1-6H3,(H2,25,26,32). The molecule has 1 aromatic carbocycles. The number of methoxy groups -OCH3 is 1. The number of aryl methyl sites for hydroxylation is 1. The van der Waals surface area contributed by atoms with E-state index in [4.69, 9.17) is 16.3 Å². The SMILES string of the molecule is CCCC(NC(=O)Nc1ccc(-c2nc3c(Cl)c(C(C)(C)C)[nH]n3n2)c(CC)c1)C(=O)OC. The maximum absolute atomic E-state index is 12.4. The maximum Gasteiger partial charge on any atom is 0.328 e. The molecule has 0 saturated heterocycles. The Morgan fingerprint density at radius 3 is 2.58 bits per heavy atom. The van der Waals surface area contributed by atoms with Crippen molar-refractivity contribution in [2.75, 3.05) is 12.4 Å². The minimum absolute atomic E-state index is 0.161. The van der Waals surface area contributed by atoms with Crippen molar-refractivity contribution in [3.05, 3.63) is 34.5 Å². The first-order valence-electron chi connectivity index (χ1n) is 11.0. The minimum Gasteiger partial charge on any atom is -0.467 e. The van der Waals surface area contributed by atoms with Crippen molar-refractivity contribution < 1.29 is 14.3 Å². The maximum atomic E-state index is 12.4. The monoisotopic (exact) mass is 474 g/mol. The summed E-state index contributed by atoms with van der Waals surface area (Å²) < 4.78 is 6.36. The highest BCUT2D eigenvalue weighted by Crippen LogP contribution is 2.32. The smallest absolute Gasteiger partial charge is 0.328 e. The van der Waals surface area contributed by atoms with Crippen LogP contribution in [0.5, 0.6) is 0 Å². The largest absolute Gasteiger partial charge is 0.467 e.